The molecule has 2 aromatic carbocycles. The summed E-state index contributed by atoms with van der Waals surface area (Å²) in [5.74, 6) is 0. The second kappa shape index (κ2) is 6.04. The molecule has 106 valence electrons. The van der Waals surface area contributed by atoms with Crippen molar-refractivity contribution in [2.75, 3.05) is 7.11 Å². The fourth-order valence-corrected chi connectivity index (χ4v) is 2.70. The summed E-state index contributed by atoms with van der Waals surface area (Å²) in [6.07, 6.45) is 3.50. The molecule has 2 N–H and O–H groups in total. The standard InChI is InChI=1S/C18H18N2O/c1-21-18(13-7-3-2-4-8-13)17(19)16-12-20-11-14-9-5-6-10-15(14)16/h2-12,17-18H,19H2,1H3. The van der Waals surface area contributed by atoms with Crippen LogP contribution >= 0.6 is 0 Å². The second-order valence-electron chi connectivity index (χ2n) is 5.04. The molecule has 0 fully saturated rings. The molecule has 0 bridgehead atoms. The Labute approximate surface area is 124 Å². The largest absolute Gasteiger partial charge is 0.375 e. The van der Waals surface area contributed by atoms with Crippen molar-refractivity contribution in [1.29, 1.82) is 0 Å². The van der Waals surface area contributed by atoms with Gasteiger partial charge in [0.1, 0.15) is 6.10 Å². The van der Waals surface area contributed by atoms with Crippen LogP contribution in [0.1, 0.15) is 23.3 Å². The molecule has 0 amide bonds. The van der Waals surface area contributed by atoms with Crippen molar-refractivity contribution in [3.8, 4) is 0 Å². The first-order chi connectivity index (χ1) is 10.3. The smallest absolute Gasteiger partial charge is 0.101 e. The van der Waals surface area contributed by atoms with Crippen molar-refractivity contribution in [3.63, 3.8) is 0 Å². The highest BCUT2D eigenvalue weighted by molar-refractivity contribution is 5.85. The van der Waals surface area contributed by atoms with Gasteiger partial charge in [0.05, 0.1) is 6.04 Å². The Morgan fingerprint density at radius 2 is 1.67 bits per heavy atom. The molecule has 0 saturated heterocycles. The van der Waals surface area contributed by atoms with Gasteiger partial charge in [0.15, 0.2) is 0 Å². The first-order valence-electron chi connectivity index (χ1n) is 6.97. The van der Waals surface area contributed by atoms with Crippen LogP contribution in [-0.2, 0) is 4.74 Å². The van der Waals surface area contributed by atoms with Gasteiger partial charge in [0, 0.05) is 24.9 Å². The van der Waals surface area contributed by atoms with Crippen LogP contribution in [0.25, 0.3) is 10.8 Å². The number of hydrogen-bond donors (Lipinski definition) is 1. The van der Waals surface area contributed by atoms with Crippen LogP contribution in [0, 0.1) is 0 Å². The Morgan fingerprint density at radius 1 is 0.952 bits per heavy atom. The van der Waals surface area contributed by atoms with Crippen molar-refractivity contribution in [2.24, 2.45) is 5.73 Å². The quantitative estimate of drug-likeness (QED) is 0.793. The zero-order valence-electron chi connectivity index (χ0n) is 11.9. The van der Waals surface area contributed by atoms with E-state index in [9.17, 15) is 0 Å². The van der Waals surface area contributed by atoms with Gasteiger partial charge in [-0.25, -0.2) is 0 Å². The molecular formula is C18H18N2O. The Bertz CT molecular complexity index is 722. The third kappa shape index (κ3) is 2.66. The number of nitrogens with zero attached hydrogens (tertiary/aromatic N) is 1. The first kappa shape index (κ1) is 13.7. The molecule has 0 aliphatic heterocycles. The topological polar surface area (TPSA) is 48.1 Å². The fraction of sp³-hybridized carbons (Fsp3) is 0.167. The number of fused-ring (bicyclic) bond motifs is 1. The van der Waals surface area contributed by atoms with Crippen LogP contribution in [0.3, 0.4) is 0 Å². The molecule has 1 aromatic heterocycles. The molecule has 3 heteroatoms. The summed E-state index contributed by atoms with van der Waals surface area (Å²) in [5.41, 5.74) is 8.56. The van der Waals surface area contributed by atoms with Crippen LogP contribution in [-0.4, -0.2) is 12.1 Å². The lowest BCUT2D eigenvalue weighted by Gasteiger charge is -2.24. The van der Waals surface area contributed by atoms with E-state index in [1.807, 2.05) is 60.9 Å². The monoisotopic (exact) mass is 278 g/mol. The zero-order chi connectivity index (χ0) is 14.7. The number of benzene rings is 2. The lowest BCUT2D eigenvalue weighted by atomic mass is 9.94. The fourth-order valence-electron chi connectivity index (χ4n) is 2.70. The summed E-state index contributed by atoms with van der Waals surface area (Å²) in [4.78, 5) is 4.31. The van der Waals surface area contributed by atoms with Gasteiger partial charge in [0.25, 0.3) is 0 Å². The number of nitrogens with two attached hydrogens (primary N) is 1. The summed E-state index contributed by atoms with van der Waals surface area (Å²) in [6.45, 7) is 0. The molecule has 21 heavy (non-hydrogen) atoms. The van der Waals surface area contributed by atoms with Crippen molar-refractivity contribution in [3.05, 3.63) is 78.1 Å². The van der Waals surface area contributed by atoms with E-state index in [0.717, 1.165) is 21.9 Å². The van der Waals surface area contributed by atoms with E-state index in [2.05, 4.69) is 11.1 Å². The third-order valence-electron chi connectivity index (χ3n) is 3.77. The Kier molecular flexibility index (Phi) is 3.95. The van der Waals surface area contributed by atoms with Crippen LogP contribution in [0.2, 0.25) is 0 Å². The number of methoxy groups -OCH3 is 1. The predicted octanol–water partition coefficient (Wildman–Crippen LogP) is 3.62. The van der Waals surface area contributed by atoms with Gasteiger partial charge < -0.3 is 10.5 Å². The molecule has 2 unspecified atom stereocenters. The lowest BCUT2D eigenvalue weighted by Crippen LogP contribution is -2.21. The van der Waals surface area contributed by atoms with Gasteiger partial charge in [-0.2, -0.15) is 0 Å². The molecule has 0 aliphatic carbocycles. The number of rotatable bonds is 4. The molecule has 2 atom stereocenters. The third-order valence-corrected chi connectivity index (χ3v) is 3.77. The summed E-state index contributed by atoms with van der Waals surface area (Å²) < 4.78 is 5.65. The van der Waals surface area contributed by atoms with E-state index in [1.165, 1.54) is 0 Å². The Balaban J connectivity index is 2.05. The molecule has 0 radical (unpaired) electrons. The summed E-state index contributed by atoms with van der Waals surface area (Å²) in [7, 11) is 1.69. The van der Waals surface area contributed by atoms with Crippen molar-refractivity contribution in [2.45, 2.75) is 12.1 Å². The van der Waals surface area contributed by atoms with Gasteiger partial charge in [-0.05, 0) is 16.5 Å². The summed E-state index contributed by atoms with van der Waals surface area (Å²) >= 11 is 0. The maximum Gasteiger partial charge on any atom is 0.101 e. The number of ether oxygens (including phenoxy) is 1. The predicted molar refractivity (Wildman–Crippen MR) is 84.9 cm³/mol. The van der Waals surface area contributed by atoms with E-state index < -0.39 is 0 Å². The minimum absolute atomic E-state index is 0.196. The normalized spacial score (nSPS) is 14.0. The Morgan fingerprint density at radius 3 is 2.43 bits per heavy atom. The van der Waals surface area contributed by atoms with Gasteiger partial charge >= 0.3 is 0 Å². The average Bonchev–Trinajstić information content (AvgIpc) is 2.56. The van der Waals surface area contributed by atoms with E-state index in [4.69, 9.17) is 10.5 Å². The number of pyridine rings is 1. The highest BCUT2D eigenvalue weighted by atomic mass is 16.5. The maximum atomic E-state index is 6.48. The van der Waals surface area contributed by atoms with Crippen LogP contribution < -0.4 is 5.73 Å². The lowest BCUT2D eigenvalue weighted by molar-refractivity contribution is 0.0805. The molecule has 0 saturated carbocycles. The van der Waals surface area contributed by atoms with E-state index >= 15 is 0 Å². The van der Waals surface area contributed by atoms with E-state index in [0.29, 0.717) is 0 Å². The number of hydrogen-bond acceptors (Lipinski definition) is 3. The minimum Gasteiger partial charge on any atom is -0.375 e. The molecular weight excluding hydrogens is 260 g/mol. The highest BCUT2D eigenvalue weighted by Gasteiger charge is 2.22. The SMILES string of the molecule is COC(c1ccccc1)C(N)c1cncc2ccccc12. The molecule has 3 rings (SSSR count). The van der Waals surface area contributed by atoms with Crippen LogP contribution in [0.15, 0.2) is 67.0 Å². The van der Waals surface area contributed by atoms with Gasteiger partial charge in [0.2, 0.25) is 0 Å². The molecule has 3 nitrogen and oxygen atoms in total. The van der Waals surface area contributed by atoms with Gasteiger partial charge in [-0.1, -0.05) is 54.6 Å². The first-order valence-corrected chi connectivity index (χ1v) is 6.97. The second-order valence-corrected chi connectivity index (χ2v) is 5.04. The van der Waals surface area contributed by atoms with Crippen LogP contribution in [0.4, 0.5) is 0 Å². The minimum atomic E-state index is -0.268. The van der Waals surface area contributed by atoms with Gasteiger partial charge in [-0.15, -0.1) is 0 Å². The van der Waals surface area contributed by atoms with E-state index in [-0.39, 0.29) is 12.1 Å². The Hall–Kier alpha value is -2.23. The average molecular weight is 278 g/mol. The van der Waals surface area contributed by atoms with Crippen molar-refractivity contribution >= 4 is 10.8 Å². The molecule has 3 aromatic rings. The maximum absolute atomic E-state index is 6.48. The van der Waals surface area contributed by atoms with Gasteiger partial charge in [-0.3, -0.25) is 4.98 Å². The van der Waals surface area contributed by atoms with Crippen molar-refractivity contribution < 1.29 is 4.74 Å². The zero-order valence-corrected chi connectivity index (χ0v) is 11.9. The van der Waals surface area contributed by atoms with Crippen molar-refractivity contribution in [1.82, 2.24) is 4.98 Å². The summed E-state index contributed by atoms with van der Waals surface area (Å²) in [5, 5.41) is 2.21. The molecule has 0 aliphatic rings. The molecule has 0 spiro atoms. The highest BCUT2D eigenvalue weighted by Crippen LogP contribution is 2.32. The van der Waals surface area contributed by atoms with Crippen LogP contribution in [0.5, 0.6) is 0 Å². The number of aromatic nitrogens is 1. The molecule has 1 heterocycles. The van der Waals surface area contributed by atoms with E-state index in [1.54, 1.807) is 7.11 Å². The summed E-state index contributed by atoms with van der Waals surface area (Å²) in [6, 6.07) is 17.9.